The molecule has 148 valence electrons. The molecule has 0 radical (unpaired) electrons. The number of hydrogen-bond acceptors (Lipinski definition) is 7. The fraction of sp³-hybridized carbons (Fsp3) is 0.235. The number of aryl methyl sites for hydroxylation is 1. The summed E-state index contributed by atoms with van der Waals surface area (Å²) < 4.78 is 10.4. The SMILES string of the molecule is COCc1nc(OC)c2c(C)c(C(=O)NNc3c(Cl)cc(Cl)cc3Cl)sc2n1. The maximum atomic E-state index is 12.7. The van der Waals surface area contributed by atoms with E-state index in [0.29, 0.717) is 43.1 Å². The molecule has 1 amide bonds. The average molecular weight is 462 g/mol. The van der Waals surface area contributed by atoms with Crippen molar-refractivity contribution in [1.29, 1.82) is 0 Å². The van der Waals surface area contributed by atoms with E-state index in [4.69, 9.17) is 44.3 Å². The van der Waals surface area contributed by atoms with E-state index in [9.17, 15) is 4.79 Å². The van der Waals surface area contributed by atoms with Crippen molar-refractivity contribution in [1.82, 2.24) is 15.4 Å². The van der Waals surface area contributed by atoms with E-state index in [2.05, 4.69) is 20.8 Å². The molecule has 3 rings (SSSR count). The summed E-state index contributed by atoms with van der Waals surface area (Å²) in [7, 11) is 3.07. The number of rotatable bonds is 6. The number of aromatic nitrogens is 2. The minimum absolute atomic E-state index is 0.236. The summed E-state index contributed by atoms with van der Waals surface area (Å²) in [5.41, 5.74) is 6.38. The minimum atomic E-state index is -0.377. The van der Waals surface area contributed by atoms with Crippen molar-refractivity contribution >= 4 is 68.0 Å². The first-order valence-corrected chi connectivity index (χ1v) is 9.84. The minimum Gasteiger partial charge on any atom is -0.480 e. The highest BCUT2D eigenvalue weighted by Gasteiger charge is 2.21. The van der Waals surface area contributed by atoms with Gasteiger partial charge in [-0.2, -0.15) is 4.98 Å². The second-order valence-corrected chi connectivity index (χ2v) is 7.89. The lowest BCUT2D eigenvalue weighted by Gasteiger charge is -2.12. The molecule has 0 atom stereocenters. The Bertz CT molecular complexity index is 1030. The van der Waals surface area contributed by atoms with E-state index in [-0.39, 0.29) is 22.6 Å². The average Bonchev–Trinajstić information content (AvgIpc) is 2.97. The van der Waals surface area contributed by atoms with Gasteiger partial charge in [0.15, 0.2) is 5.82 Å². The lowest BCUT2D eigenvalue weighted by Crippen LogP contribution is -2.29. The summed E-state index contributed by atoms with van der Waals surface area (Å²) in [6.45, 7) is 2.04. The Hall–Kier alpha value is -1.84. The van der Waals surface area contributed by atoms with Crippen molar-refractivity contribution in [2.75, 3.05) is 19.6 Å². The van der Waals surface area contributed by atoms with E-state index in [0.717, 1.165) is 0 Å². The summed E-state index contributed by atoms with van der Waals surface area (Å²) in [5, 5.41) is 1.63. The van der Waals surface area contributed by atoms with Gasteiger partial charge in [-0.1, -0.05) is 34.8 Å². The largest absolute Gasteiger partial charge is 0.480 e. The number of carbonyl (C=O) groups excluding carboxylic acids is 1. The zero-order valence-corrected chi connectivity index (χ0v) is 18.1. The molecule has 0 fully saturated rings. The lowest BCUT2D eigenvalue weighted by molar-refractivity contribution is 0.0966. The molecule has 0 saturated carbocycles. The summed E-state index contributed by atoms with van der Waals surface area (Å²) in [4.78, 5) is 22.6. The Morgan fingerprint density at radius 1 is 1.18 bits per heavy atom. The van der Waals surface area contributed by atoms with Gasteiger partial charge >= 0.3 is 0 Å². The second-order valence-electron chi connectivity index (χ2n) is 5.64. The number of halogens is 3. The molecule has 2 heterocycles. The lowest BCUT2D eigenvalue weighted by atomic mass is 10.2. The summed E-state index contributed by atoms with van der Waals surface area (Å²) in [6.07, 6.45) is 0. The predicted molar refractivity (Wildman–Crippen MR) is 112 cm³/mol. The molecular formula is C17H15Cl3N4O3S. The van der Waals surface area contributed by atoms with E-state index >= 15 is 0 Å². The van der Waals surface area contributed by atoms with E-state index in [1.54, 1.807) is 14.0 Å². The van der Waals surface area contributed by atoms with Gasteiger partial charge in [-0.25, -0.2) is 4.98 Å². The second kappa shape index (κ2) is 8.67. The van der Waals surface area contributed by atoms with Crippen molar-refractivity contribution in [2.45, 2.75) is 13.5 Å². The summed E-state index contributed by atoms with van der Waals surface area (Å²) >= 11 is 19.4. The van der Waals surface area contributed by atoms with Crippen molar-refractivity contribution in [3.8, 4) is 5.88 Å². The van der Waals surface area contributed by atoms with Gasteiger partial charge in [-0.3, -0.25) is 15.6 Å². The number of amides is 1. The van der Waals surface area contributed by atoms with Gasteiger partial charge in [0.25, 0.3) is 5.91 Å². The number of ether oxygens (including phenoxy) is 2. The Kier molecular flexibility index (Phi) is 6.47. The molecule has 0 aliphatic heterocycles. The van der Waals surface area contributed by atoms with Crippen LogP contribution in [0.1, 0.15) is 21.1 Å². The molecule has 28 heavy (non-hydrogen) atoms. The fourth-order valence-corrected chi connectivity index (χ4v) is 4.54. The van der Waals surface area contributed by atoms with E-state index in [1.807, 2.05) is 0 Å². The zero-order valence-electron chi connectivity index (χ0n) is 15.0. The Labute approximate surface area is 179 Å². The maximum absolute atomic E-state index is 12.7. The number of hydrogen-bond donors (Lipinski definition) is 2. The van der Waals surface area contributed by atoms with Crippen molar-refractivity contribution in [3.05, 3.63) is 43.5 Å². The number of thiophene rings is 1. The van der Waals surface area contributed by atoms with Crippen LogP contribution in [0.4, 0.5) is 5.69 Å². The molecule has 0 unspecified atom stereocenters. The number of benzene rings is 1. The van der Waals surface area contributed by atoms with Gasteiger partial charge in [0.2, 0.25) is 5.88 Å². The van der Waals surface area contributed by atoms with Crippen LogP contribution in [0.15, 0.2) is 12.1 Å². The molecule has 3 aromatic rings. The van der Waals surface area contributed by atoms with Gasteiger partial charge < -0.3 is 9.47 Å². The molecule has 7 nitrogen and oxygen atoms in total. The van der Waals surface area contributed by atoms with Crippen LogP contribution in [0.3, 0.4) is 0 Å². The number of nitrogens with zero attached hydrogens (tertiary/aromatic N) is 2. The molecule has 1 aromatic carbocycles. The van der Waals surface area contributed by atoms with Gasteiger partial charge in [-0.15, -0.1) is 11.3 Å². The first-order chi connectivity index (χ1) is 13.3. The number of fused-ring (bicyclic) bond motifs is 1. The molecule has 2 aromatic heterocycles. The number of carbonyl (C=O) groups is 1. The van der Waals surface area contributed by atoms with Crippen LogP contribution in [-0.4, -0.2) is 30.1 Å². The van der Waals surface area contributed by atoms with Crippen LogP contribution >= 0.6 is 46.1 Å². The molecule has 0 spiro atoms. The van der Waals surface area contributed by atoms with Crippen molar-refractivity contribution in [2.24, 2.45) is 0 Å². The third-order valence-electron chi connectivity index (χ3n) is 3.78. The molecule has 0 saturated heterocycles. The van der Waals surface area contributed by atoms with E-state index in [1.165, 1.54) is 30.6 Å². The van der Waals surface area contributed by atoms with Gasteiger partial charge in [0, 0.05) is 12.1 Å². The molecule has 0 aliphatic carbocycles. The number of nitrogens with one attached hydrogen (secondary N) is 2. The predicted octanol–water partition coefficient (Wildman–Crippen LogP) is 4.87. The van der Waals surface area contributed by atoms with Crippen molar-refractivity contribution in [3.63, 3.8) is 0 Å². The number of hydrazine groups is 1. The Balaban J connectivity index is 1.91. The molecule has 2 N–H and O–H groups in total. The molecule has 11 heteroatoms. The number of methoxy groups -OCH3 is 2. The quantitative estimate of drug-likeness (QED) is 0.509. The highest BCUT2D eigenvalue weighted by Crippen LogP contribution is 2.36. The fourth-order valence-electron chi connectivity index (χ4n) is 2.54. The maximum Gasteiger partial charge on any atom is 0.280 e. The Morgan fingerprint density at radius 3 is 2.46 bits per heavy atom. The topological polar surface area (TPSA) is 85.4 Å². The normalized spacial score (nSPS) is 10.9. The first-order valence-electron chi connectivity index (χ1n) is 7.89. The smallest absolute Gasteiger partial charge is 0.280 e. The highest BCUT2D eigenvalue weighted by atomic mass is 35.5. The van der Waals surface area contributed by atoms with Crippen molar-refractivity contribution < 1.29 is 14.3 Å². The standard InChI is InChI=1S/C17H15Cl3N4O3S/c1-7-12-16(27-3)21-11(6-26-2)22-17(12)28-14(7)15(25)24-23-13-9(19)4-8(18)5-10(13)20/h4-5,23H,6H2,1-3H3,(H,24,25). The highest BCUT2D eigenvalue weighted by molar-refractivity contribution is 7.20. The van der Waals surface area contributed by atoms with Crippen LogP contribution in [0.2, 0.25) is 15.1 Å². The van der Waals surface area contributed by atoms with Gasteiger partial charge in [0.05, 0.1) is 33.1 Å². The third-order valence-corrected chi connectivity index (χ3v) is 5.78. The van der Waals surface area contributed by atoms with Crippen LogP contribution in [0.25, 0.3) is 10.2 Å². The van der Waals surface area contributed by atoms with Crippen LogP contribution in [0.5, 0.6) is 5.88 Å². The number of anilines is 1. The summed E-state index contributed by atoms with van der Waals surface area (Å²) in [6, 6.07) is 3.04. The first kappa shape index (κ1) is 20.9. The molecular weight excluding hydrogens is 447 g/mol. The monoisotopic (exact) mass is 460 g/mol. The molecule has 0 bridgehead atoms. The third kappa shape index (κ3) is 4.11. The zero-order chi connectivity index (χ0) is 20.4. The van der Waals surface area contributed by atoms with Gasteiger partial charge in [-0.05, 0) is 24.6 Å². The van der Waals surface area contributed by atoms with Gasteiger partial charge in [0.1, 0.15) is 11.4 Å². The molecule has 0 aliphatic rings. The Morgan fingerprint density at radius 2 is 1.86 bits per heavy atom. The van der Waals surface area contributed by atoms with Crippen LogP contribution < -0.4 is 15.6 Å². The van der Waals surface area contributed by atoms with Crippen LogP contribution in [0, 0.1) is 6.92 Å². The van der Waals surface area contributed by atoms with E-state index < -0.39 is 0 Å². The van der Waals surface area contributed by atoms with Crippen LogP contribution in [-0.2, 0) is 11.3 Å². The summed E-state index contributed by atoms with van der Waals surface area (Å²) in [5.74, 6) is 0.484.